The van der Waals surface area contributed by atoms with Crippen molar-refractivity contribution in [2.24, 2.45) is 0 Å². The average molecular weight is 264 g/mol. The Morgan fingerprint density at radius 3 is 2.76 bits per heavy atom. The number of benzene rings is 1. The van der Waals surface area contributed by atoms with Crippen LogP contribution in [-0.2, 0) is 6.54 Å². The standard InChI is InChI=1S/C12H12N2OS2/c1-9-8-14(12(16)17-9)11(15)13-7-10-5-3-2-4-6-10/h2-6H,1,7-8H2,(H,13,15). The summed E-state index contributed by atoms with van der Waals surface area (Å²) in [5, 5.41) is 2.84. The molecule has 17 heavy (non-hydrogen) atoms. The van der Waals surface area contributed by atoms with Crippen LogP contribution in [0.2, 0.25) is 0 Å². The van der Waals surface area contributed by atoms with Crippen molar-refractivity contribution in [3.05, 3.63) is 47.4 Å². The molecule has 1 fully saturated rings. The van der Waals surface area contributed by atoms with Gasteiger partial charge in [0.15, 0.2) is 0 Å². The fourth-order valence-corrected chi connectivity index (χ4v) is 2.67. The van der Waals surface area contributed by atoms with Gasteiger partial charge in [-0.05, 0) is 5.56 Å². The Balaban J connectivity index is 1.90. The zero-order valence-electron chi connectivity index (χ0n) is 9.18. The zero-order valence-corrected chi connectivity index (χ0v) is 10.8. The van der Waals surface area contributed by atoms with Crippen LogP contribution in [0.25, 0.3) is 0 Å². The van der Waals surface area contributed by atoms with E-state index in [1.165, 1.54) is 16.7 Å². The third kappa shape index (κ3) is 3.08. The molecule has 1 aliphatic heterocycles. The maximum Gasteiger partial charge on any atom is 0.323 e. The Bertz CT molecular complexity index is 459. The molecule has 88 valence electrons. The summed E-state index contributed by atoms with van der Waals surface area (Å²) in [6.45, 7) is 4.82. The van der Waals surface area contributed by atoms with Crippen LogP contribution in [0.3, 0.4) is 0 Å². The normalized spacial score (nSPS) is 15.2. The number of urea groups is 1. The van der Waals surface area contributed by atoms with Gasteiger partial charge in [0.2, 0.25) is 0 Å². The number of thiocarbonyl (C=S) groups is 1. The summed E-state index contributed by atoms with van der Waals surface area (Å²) in [5.74, 6) is 0. The van der Waals surface area contributed by atoms with Crippen molar-refractivity contribution in [1.82, 2.24) is 10.2 Å². The van der Waals surface area contributed by atoms with Crippen LogP contribution in [0.5, 0.6) is 0 Å². The number of hydrogen-bond donors (Lipinski definition) is 1. The second kappa shape index (κ2) is 5.33. The molecule has 2 amide bonds. The summed E-state index contributed by atoms with van der Waals surface area (Å²) >= 11 is 6.47. The molecule has 1 aromatic rings. The predicted octanol–water partition coefficient (Wildman–Crippen LogP) is 2.74. The molecule has 0 bridgehead atoms. The van der Waals surface area contributed by atoms with Crippen molar-refractivity contribution < 1.29 is 4.79 Å². The van der Waals surface area contributed by atoms with E-state index in [0.717, 1.165) is 10.5 Å². The molecular formula is C12H12N2OS2. The van der Waals surface area contributed by atoms with Crippen LogP contribution in [0.4, 0.5) is 4.79 Å². The van der Waals surface area contributed by atoms with Crippen molar-refractivity contribution in [3.8, 4) is 0 Å². The number of amides is 2. The van der Waals surface area contributed by atoms with Crippen molar-refractivity contribution in [2.45, 2.75) is 6.54 Å². The third-order valence-corrected chi connectivity index (χ3v) is 3.60. The first kappa shape index (κ1) is 12.1. The Morgan fingerprint density at radius 2 is 2.18 bits per heavy atom. The highest BCUT2D eigenvalue weighted by atomic mass is 32.2. The molecule has 0 unspecified atom stereocenters. The molecular weight excluding hydrogens is 252 g/mol. The maximum absolute atomic E-state index is 11.8. The minimum Gasteiger partial charge on any atom is -0.334 e. The molecule has 2 rings (SSSR count). The molecule has 0 spiro atoms. The summed E-state index contributed by atoms with van der Waals surface area (Å²) in [5.41, 5.74) is 1.07. The number of thioether (sulfide) groups is 1. The van der Waals surface area contributed by atoms with E-state index >= 15 is 0 Å². The minimum absolute atomic E-state index is 0.162. The van der Waals surface area contributed by atoms with Crippen LogP contribution >= 0.6 is 24.0 Å². The minimum atomic E-state index is -0.162. The van der Waals surface area contributed by atoms with E-state index in [-0.39, 0.29) is 6.03 Å². The number of carbonyl (C=O) groups excluding carboxylic acids is 1. The van der Waals surface area contributed by atoms with Crippen LogP contribution in [-0.4, -0.2) is 21.8 Å². The zero-order chi connectivity index (χ0) is 12.3. The number of rotatable bonds is 2. The quantitative estimate of drug-likeness (QED) is 0.834. The second-order valence-corrected chi connectivity index (χ2v) is 5.45. The topological polar surface area (TPSA) is 32.3 Å². The second-order valence-electron chi connectivity index (χ2n) is 3.64. The van der Waals surface area contributed by atoms with Gasteiger partial charge in [0, 0.05) is 11.4 Å². The first-order valence-electron chi connectivity index (χ1n) is 5.15. The number of carbonyl (C=O) groups is 1. The van der Waals surface area contributed by atoms with Gasteiger partial charge in [-0.2, -0.15) is 0 Å². The number of nitrogens with one attached hydrogen (secondary N) is 1. The molecule has 0 radical (unpaired) electrons. The molecule has 3 nitrogen and oxygen atoms in total. The van der Waals surface area contributed by atoms with Gasteiger partial charge in [-0.3, -0.25) is 4.90 Å². The van der Waals surface area contributed by atoms with E-state index in [2.05, 4.69) is 11.9 Å². The molecule has 5 heteroatoms. The lowest BCUT2D eigenvalue weighted by Gasteiger charge is -2.15. The van der Waals surface area contributed by atoms with Gasteiger partial charge in [0.05, 0.1) is 6.54 Å². The highest BCUT2D eigenvalue weighted by Crippen LogP contribution is 2.27. The summed E-state index contributed by atoms with van der Waals surface area (Å²) in [6, 6.07) is 9.61. The monoisotopic (exact) mass is 264 g/mol. The summed E-state index contributed by atoms with van der Waals surface area (Å²) in [6.07, 6.45) is 0. The van der Waals surface area contributed by atoms with Crippen LogP contribution in [0.15, 0.2) is 41.8 Å². The lowest BCUT2D eigenvalue weighted by molar-refractivity contribution is 0.224. The molecule has 0 saturated carbocycles. The van der Waals surface area contributed by atoms with Crippen LogP contribution < -0.4 is 5.32 Å². The Labute approximate surface area is 110 Å². The maximum atomic E-state index is 11.8. The van der Waals surface area contributed by atoms with E-state index in [1.54, 1.807) is 0 Å². The van der Waals surface area contributed by atoms with Crippen LogP contribution in [0.1, 0.15) is 5.56 Å². The molecule has 1 saturated heterocycles. The lowest BCUT2D eigenvalue weighted by atomic mass is 10.2. The van der Waals surface area contributed by atoms with Gasteiger partial charge in [0.25, 0.3) is 0 Å². The molecule has 0 atom stereocenters. The van der Waals surface area contributed by atoms with E-state index in [4.69, 9.17) is 12.2 Å². The van der Waals surface area contributed by atoms with Gasteiger partial charge >= 0.3 is 6.03 Å². The van der Waals surface area contributed by atoms with E-state index < -0.39 is 0 Å². The SMILES string of the molecule is C=C1CN(C(=O)NCc2ccccc2)C(=S)S1. The van der Waals surface area contributed by atoms with Gasteiger partial charge in [-0.25, -0.2) is 4.79 Å². The van der Waals surface area contributed by atoms with Gasteiger partial charge in [0.1, 0.15) is 4.32 Å². The van der Waals surface area contributed by atoms with Gasteiger partial charge in [-0.15, -0.1) is 0 Å². The van der Waals surface area contributed by atoms with Crippen molar-refractivity contribution in [2.75, 3.05) is 6.54 Å². The van der Waals surface area contributed by atoms with E-state index in [9.17, 15) is 4.79 Å². The van der Waals surface area contributed by atoms with Gasteiger partial charge < -0.3 is 5.32 Å². The van der Waals surface area contributed by atoms with Crippen LogP contribution in [0, 0.1) is 0 Å². The summed E-state index contributed by atoms with van der Waals surface area (Å²) in [4.78, 5) is 14.3. The number of nitrogens with zero attached hydrogens (tertiary/aromatic N) is 1. The average Bonchev–Trinajstić information content (AvgIpc) is 2.67. The molecule has 0 aliphatic carbocycles. The van der Waals surface area contributed by atoms with Gasteiger partial charge in [-0.1, -0.05) is 60.9 Å². The molecule has 1 aromatic carbocycles. The molecule has 1 N–H and O–H groups in total. The first-order valence-corrected chi connectivity index (χ1v) is 6.38. The molecule has 0 aromatic heterocycles. The smallest absolute Gasteiger partial charge is 0.323 e. The van der Waals surface area contributed by atoms with E-state index in [0.29, 0.717) is 17.4 Å². The molecule has 1 aliphatic rings. The largest absolute Gasteiger partial charge is 0.334 e. The Hall–Kier alpha value is -1.33. The van der Waals surface area contributed by atoms with Crippen molar-refractivity contribution >= 4 is 34.3 Å². The number of hydrogen-bond acceptors (Lipinski definition) is 3. The first-order chi connectivity index (χ1) is 8.16. The fourth-order valence-electron chi connectivity index (χ4n) is 1.48. The van der Waals surface area contributed by atoms with Crippen molar-refractivity contribution in [1.29, 1.82) is 0 Å². The Kier molecular flexibility index (Phi) is 3.81. The highest BCUT2D eigenvalue weighted by Gasteiger charge is 2.26. The fraction of sp³-hybridized carbons (Fsp3) is 0.167. The molecule has 1 heterocycles. The summed E-state index contributed by atoms with van der Waals surface area (Å²) < 4.78 is 0.570. The lowest BCUT2D eigenvalue weighted by Crippen LogP contribution is -2.39. The van der Waals surface area contributed by atoms with Crippen molar-refractivity contribution in [3.63, 3.8) is 0 Å². The van der Waals surface area contributed by atoms with E-state index in [1.807, 2.05) is 30.3 Å². The Morgan fingerprint density at radius 1 is 1.47 bits per heavy atom. The third-order valence-electron chi connectivity index (χ3n) is 2.32. The predicted molar refractivity (Wildman–Crippen MR) is 74.7 cm³/mol. The highest BCUT2D eigenvalue weighted by molar-refractivity contribution is 8.25. The summed E-state index contributed by atoms with van der Waals surface area (Å²) in [7, 11) is 0.